The average Bonchev–Trinajstić information content (AvgIpc) is 1.84. The topological polar surface area (TPSA) is 26.0 Å². The zero-order valence-corrected chi connectivity index (χ0v) is 7.91. The zero-order valence-electron chi connectivity index (χ0n) is 7.91. The van der Waals surface area contributed by atoms with E-state index in [1.807, 2.05) is 20.8 Å². The fourth-order valence-electron chi connectivity index (χ4n) is 0.686. The Hall–Kier alpha value is -0.560. The minimum absolute atomic E-state index is 0.223. The summed E-state index contributed by atoms with van der Waals surface area (Å²) in [6, 6.07) is 0. The van der Waals surface area contributed by atoms with E-state index in [0.29, 0.717) is 0 Å². The first kappa shape index (κ1) is 10.4. The summed E-state index contributed by atoms with van der Waals surface area (Å²) in [5.74, 6) is 0. The van der Waals surface area contributed by atoms with Crippen LogP contribution in [0.1, 0.15) is 33.6 Å². The molecule has 0 aromatic heterocycles. The Morgan fingerprint density at radius 1 is 1.36 bits per heavy atom. The third-order valence-corrected chi connectivity index (χ3v) is 2.05. The highest BCUT2D eigenvalue weighted by atomic mass is 14.7. The van der Waals surface area contributed by atoms with Crippen molar-refractivity contribution in [2.45, 2.75) is 39.2 Å². The molecule has 0 radical (unpaired) electrons. The van der Waals surface area contributed by atoms with Crippen LogP contribution in [0.4, 0.5) is 0 Å². The first-order valence-electron chi connectivity index (χ1n) is 3.95. The molecule has 0 rings (SSSR count). The highest BCUT2D eigenvalue weighted by Gasteiger charge is 2.17. The van der Waals surface area contributed by atoms with Gasteiger partial charge in [-0.2, -0.15) is 0 Å². The van der Waals surface area contributed by atoms with Crippen LogP contribution in [0.15, 0.2) is 24.3 Å². The van der Waals surface area contributed by atoms with Gasteiger partial charge >= 0.3 is 0 Å². The normalized spacial score (nSPS) is 15.6. The number of allylic oxidation sites excluding steroid dienone is 1. The Kier molecular flexibility index (Phi) is 3.53. The van der Waals surface area contributed by atoms with Gasteiger partial charge in [0.25, 0.3) is 0 Å². The maximum absolute atomic E-state index is 5.97. The third kappa shape index (κ3) is 3.99. The minimum atomic E-state index is -0.223. The van der Waals surface area contributed by atoms with E-state index in [-0.39, 0.29) is 5.54 Å². The maximum Gasteiger partial charge on any atom is 0.0337 e. The molecule has 11 heavy (non-hydrogen) atoms. The monoisotopic (exact) mass is 153 g/mol. The van der Waals surface area contributed by atoms with Crippen molar-refractivity contribution in [3.05, 3.63) is 24.3 Å². The first-order chi connectivity index (χ1) is 4.86. The Labute approximate surface area is 70.0 Å². The standard InChI is InChI=1S/C10H19N/c1-8(2)6-7-10(5,11)9(3)4/h1,3,6-7,11H2,2,4-5H3. The second kappa shape index (κ2) is 3.72. The molecule has 0 amide bonds. The summed E-state index contributed by atoms with van der Waals surface area (Å²) in [4.78, 5) is 0. The molecule has 64 valence electrons. The molecule has 1 heteroatoms. The number of hydrogen-bond acceptors (Lipinski definition) is 1. The molecule has 0 aliphatic rings. The van der Waals surface area contributed by atoms with Gasteiger partial charge in [-0.1, -0.05) is 17.7 Å². The van der Waals surface area contributed by atoms with Crippen LogP contribution >= 0.6 is 0 Å². The van der Waals surface area contributed by atoms with E-state index in [9.17, 15) is 0 Å². The van der Waals surface area contributed by atoms with Gasteiger partial charge in [0.15, 0.2) is 0 Å². The van der Waals surface area contributed by atoms with Crippen LogP contribution in [0.5, 0.6) is 0 Å². The molecule has 1 nitrogen and oxygen atoms in total. The summed E-state index contributed by atoms with van der Waals surface area (Å²) in [5, 5.41) is 0. The fourth-order valence-corrected chi connectivity index (χ4v) is 0.686. The van der Waals surface area contributed by atoms with Crippen LogP contribution in [0.3, 0.4) is 0 Å². The van der Waals surface area contributed by atoms with Crippen molar-refractivity contribution in [1.82, 2.24) is 0 Å². The predicted octanol–water partition coefficient (Wildman–Crippen LogP) is 2.64. The van der Waals surface area contributed by atoms with Gasteiger partial charge in [0.1, 0.15) is 0 Å². The molecule has 2 N–H and O–H groups in total. The van der Waals surface area contributed by atoms with E-state index in [1.165, 1.54) is 5.57 Å². The smallest absolute Gasteiger partial charge is 0.0337 e. The molecule has 0 aliphatic heterocycles. The second-order valence-corrected chi connectivity index (χ2v) is 3.65. The lowest BCUT2D eigenvalue weighted by atomic mass is 9.89. The molecular formula is C10H19N. The Balaban J connectivity index is 3.92. The van der Waals surface area contributed by atoms with Gasteiger partial charge in [-0.05, 0) is 33.6 Å². The number of nitrogens with two attached hydrogens (primary N) is 1. The first-order valence-corrected chi connectivity index (χ1v) is 3.95. The number of hydrogen-bond donors (Lipinski definition) is 1. The van der Waals surface area contributed by atoms with Crippen molar-refractivity contribution in [1.29, 1.82) is 0 Å². The SMILES string of the molecule is C=C(C)CCC(C)(N)C(=C)C. The lowest BCUT2D eigenvalue weighted by molar-refractivity contribution is 0.504. The van der Waals surface area contributed by atoms with Gasteiger partial charge in [-0.25, -0.2) is 0 Å². The molecule has 1 unspecified atom stereocenters. The van der Waals surface area contributed by atoms with Gasteiger partial charge in [0.05, 0.1) is 0 Å². The quantitative estimate of drug-likeness (QED) is 0.617. The van der Waals surface area contributed by atoms with Crippen LogP contribution in [-0.4, -0.2) is 5.54 Å². The maximum atomic E-state index is 5.97. The molecule has 0 bridgehead atoms. The zero-order chi connectivity index (χ0) is 9.07. The number of rotatable bonds is 4. The summed E-state index contributed by atoms with van der Waals surface area (Å²) < 4.78 is 0. The van der Waals surface area contributed by atoms with E-state index in [4.69, 9.17) is 5.73 Å². The largest absolute Gasteiger partial charge is 0.322 e. The van der Waals surface area contributed by atoms with Gasteiger partial charge in [0.2, 0.25) is 0 Å². The van der Waals surface area contributed by atoms with Crippen LogP contribution < -0.4 is 5.73 Å². The van der Waals surface area contributed by atoms with Crippen molar-refractivity contribution < 1.29 is 0 Å². The van der Waals surface area contributed by atoms with E-state index >= 15 is 0 Å². The second-order valence-electron chi connectivity index (χ2n) is 3.65. The van der Waals surface area contributed by atoms with E-state index in [1.54, 1.807) is 0 Å². The van der Waals surface area contributed by atoms with Crippen molar-refractivity contribution >= 4 is 0 Å². The van der Waals surface area contributed by atoms with Crippen LogP contribution in [0, 0.1) is 0 Å². The van der Waals surface area contributed by atoms with Crippen molar-refractivity contribution in [2.24, 2.45) is 5.73 Å². The Morgan fingerprint density at radius 2 is 1.82 bits per heavy atom. The van der Waals surface area contributed by atoms with Crippen LogP contribution in [0.25, 0.3) is 0 Å². The van der Waals surface area contributed by atoms with Crippen molar-refractivity contribution in [2.75, 3.05) is 0 Å². The minimum Gasteiger partial charge on any atom is -0.322 e. The lowest BCUT2D eigenvalue weighted by Crippen LogP contribution is -2.36. The molecular weight excluding hydrogens is 134 g/mol. The van der Waals surface area contributed by atoms with E-state index < -0.39 is 0 Å². The van der Waals surface area contributed by atoms with Crippen LogP contribution in [0.2, 0.25) is 0 Å². The molecule has 1 atom stereocenters. The van der Waals surface area contributed by atoms with Crippen LogP contribution in [-0.2, 0) is 0 Å². The Morgan fingerprint density at radius 3 is 2.09 bits per heavy atom. The molecule has 0 heterocycles. The van der Waals surface area contributed by atoms with E-state index in [0.717, 1.165) is 18.4 Å². The highest BCUT2D eigenvalue weighted by Crippen LogP contribution is 2.19. The van der Waals surface area contributed by atoms with Gasteiger partial charge < -0.3 is 5.73 Å². The molecule has 0 saturated heterocycles. The summed E-state index contributed by atoms with van der Waals surface area (Å²) >= 11 is 0. The van der Waals surface area contributed by atoms with Crippen molar-refractivity contribution in [3.8, 4) is 0 Å². The molecule has 0 aromatic carbocycles. The van der Waals surface area contributed by atoms with Gasteiger partial charge in [0, 0.05) is 5.54 Å². The lowest BCUT2D eigenvalue weighted by Gasteiger charge is -2.24. The third-order valence-electron chi connectivity index (χ3n) is 2.05. The Bertz CT molecular complexity index is 166. The summed E-state index contributed by atoms with van der Waals surface area (Å²) in [7, 11) is 0. The van der Waals surface area contributed by atoms with Gasteiger partial charge in [-0.3, -0.25) is 0 Å². The molecule has 0 spiro atoms. The average molecular weight is 153 g/mol. The summed E-state index contributed by atoms with van der Waals surface area (Å²) in [6.07, 6.45) is 1.93. The molecule has 0 fully saturated rings. The van der Waals surface area contributed by atoms with Crippen molar-refractivity contribution in [3.63, 3.8) is 0 Å². The van der Waals surface area contributed by atoms with Gasteiger partial charge in [-0.15, -0.1) is 6.58 Å². The van der Waals surface area contributed by atoms with E-state index in [2.05, 4.69) is 13.2 Å². The highest BCUT2D eigenvalue weighted by molar-refractivity contribution is 5.11. The predicted molar refractivity (Wildman–Crippen MR) is 51.5 cm³/mol. The summed E-state index contributed by atoms with van der Waals surface area (Å²) in [6.45, 7) is 13.7. The molecule has 0 aromatic rings. The molecule has 0 aliphatic carbocycles. The summed E-state index contributed by atoms with van der Waals surface area (Å²) in [5.41, 5.74) is 7.97. The fraction of sp³-hybridized carbons (Fsp3) is 0.600. The molecule has 0 saturated carbocycles.